The predicted molar refractivity (Wildman–Crippen MR) is 69.1 cm³/mol. The maximum Gasteiger partial charge on any atom is 0.303 e. The van der Waals surface area contributed by atoms with Gasteiger partial charge in [-0.25, -0.2) is 0 Å². The molecule has 0 spiro atoms. The van der Waals surface area contributed by atoms with Gasteiger partial charge in [-0.05, 0) is 24.1 Å². The Morgan fingerprint density at radius 2 is 1.83 bits per heavy atom. The number of ether oxygens (including phenoxy) is 2. The van der Waals surface area contributed by atoms with Gasteiger partial charge in [0, 0.05) is 20.3 Å². The summed E-state index contributed by atoms with van der Waals surface area (Å²) in [5, 5.41) is 8.60. The maximum absolute atomic E-state index is 10.5. The molecule has 4 heteroatoms. The molecule has 4 nitrogen and oxygen atoms in total. The van der Waals surface area contributed by atoms with E-state index in [9.17, 15) is 4.79 Å². The minimum absolute atomic E-state index is 0.128. The van der Waals surface area contributed by atoms with Gasteiger partial charge in [0.15, 0.2) is 11.5 Å². The fourth-order valence-corrected chi connectivity index (χ4v) is 1.67. The monoisotopic (exact) mass is 252 g/mol. The lowest BCUT2D eigenvalue weighted by atomic mass is 10.1. The van der Waals surface area contributed by atoms with Crippen molar-refractivity contribution in [2.45, 2.75) is 46.3 Å². The molecule has 0 aromatic heterocycles. The van der Waals surface area contributed by atoms with Gasteiger partial charge < -0.3 is 14.6 Å². The second-order valence-electron chi connectivity index (χ2n) is 4.28. The van der Waals surface area contributed by atoms with Crippen LogP contribution in [0.1, 0.15) is 39.7 Å². The van der Waals surface area contributed by atoms with Gasteiger partial charge in [-0.2, -0.15) is 0 Å². The first-order chi connectivity index (χ1) is 8.46. The third-order valence-electron chi connectivity index (χ3n) is 2.35. The standard InChI is InChI=1S/C12H14O4.C2H6/c1-12(2)15-9-5-3-8(4-6-11(13)14)7-10(9)16-12;1-2/h3,5,7H,4,6H2,1-2H3,(H,13,14);1-2H3. The Morgan fingerprint density at radius 3 is 2.44 bits per heavy atom. The summed E-state index contributed by atoms with van der Waals surface area (Å²) < 4.78 is 11.1. The summed E-state index contributed by atoms with van der Waals surface area (Å²) >= 11 is 0. The lowest BCUT2D eigenvalue weighted by Gasteiger charge is -2.16. The second-order valence-corrected chi connectivity index (χ2v) is 4.28. The van der Waals surface area contributed by atoms with Gasteiger partial charge in [-0.1, -0.05) is 19.9 Å². The normalized spacial score (nSPS) is 14.7. The molecule has 1 N–H and O–H groups in total. The predicted octanol–water partition coefficient (Wildman–Crippen LogP) is 3.24. The first kappa shape index (κ1) is 14.4. The highest BCUT2D eigenvalue weighted by Gasteiger charge is 2.31. The molecule has 1 heterocycles. The largest absolute Gasteiger partial charge is 0.481 e. The van der Waals surface area contributed by atoms with E-state index in [1.807, 2.05) is 45.9 Å². The quantitative estimate of drug-likeness (QED) is 0.897. The molecule has 0 bridgehead atoms. The van der Waals surface area contributed by atoms with Crippen LogP contribution in [0.4, 0.5) is 0 Å². The summed E-state index contributed by atoms with van der Waals surface area (Å²) in [6, 6.07) is 5.53. The van der Waals surface area contributed by atoms with Gasteiger partial charge in [0.2, 0.25) is 5.79 Å². The number of carboxylic acids is 1. The van der Waals surface area contributed by atoms with Crippen LogP contribution in [0, 0.1) is 0 Å². The SMILES string of the molecule is CC.CC1(C)Oc2ccc(CCC(=O)O)cc2O1. The number of benzene rings is 1. The highest BCUT2D eigenvalue weighted by atomic mass is 16.7. The molecule has 0 radical (unpaired) electrons. The molecule has 0 saturated heterocycles. The zero-order valence-electron chi connectivity index (χ0n) is 11.3. The van der Waals surface area contributed by atoms with Crippen molar-refractivity contribution >= 4 is 5.97 Å². The van der Waals surface area contributed by atoms with E-state index in [2.05, 4.69) is 0 Å². The number of aryl methyl sites for hydroxylation is 1. The third-order valence-corrected chi connectivity index (χ3v) is 2.35. The van der Waals surface area contributed by atoms with Crippen LogP contribution >= 0.6 is 0 Å². The fourth-order valence-electron chi connectivity index (χ4n) is 1.67. The minimum Gasteiger partial charge on any atom is -0.481 e. The zero-order valence-corrected chi connectivity index (χ0v) is 11.3. The van der Waals surface area contributed by atoms with Gasteiger partial charge in [0.25, 0.3) is 0 Å². The van der Waals surface area contributed by atoms with Crippen molar-refractivity contribution in [3.8, 4) is 11.5 Å². The number of fused-ring (bicyclic) bond motifs is 1. The molecular weight excluding hydrogens is 232 g/mol. The van der Waals surface area contributed by atoms with Crippen LogP contribution in [0.3, 0.4) is 0 Å². The molecule has 0 unspecified atom stereocenters. The molecule has 1 aromatic rings. The molecule has 1 aliphatic rings. The van der Waals surface area contributed by atoms with Crippen LogP contribution < -0.4 is 9.47 Å². The van der Waals surface area contributed by atoms with E-state index < -0.39 is 11.8 Å². The maximum atomic E-state index is 10.5. The highest BCUT2D eigenvalue weighted by Crippen LogP contribution is 2.39. The first-order valence-electron chi connectivity index (χ1n) is 6.19. The lowest BCUT2D eigenvalue weighted by molar-refractivity contribution is -0.136. The van der Waals surface area contributed by atoms with Crippen molar-refractivity contribution in [1.29, 1.82) is 0 Å². The Bertz CT molecular complexity index is 424. The summed E-state index contributed by atoms with van der Waals surface area (Å²) in [5.41, 5.74) is 0.947. The van der Waals surface area contributed by atoms with Crippen LogP contribution in [-0.2, 0) is 11.2 Å². The van der Waals surface area contributed by atoms with E-state index in [1.54, 1.807) is 0 Å². The Morgan fingerprint density at radius 1 is 1.22 bits per heavy atom. The Kier molecular flexibility index (Phi) is 4.59. The number of carboxylic acid groups (broad SMARTS) is 1. The topological polar surface area (TPSA) is 55.8 Å². The molecule has 0 aliphatic carbocycles. The van der Waals surface area contributed by atoms with E-state index in [0.717, 1.165) is 5.56 Å². The average Bonchev–Trinajstić information content (AvgIpc) is 2.62. The smallest absolute Gasteiger partial charge is 0.303 e. The van der Waals surface area contributed by atoms with Crippen LogP contribution in [0.25, 0.3) is 0 Å². The zero-order chi connectivity index (χ0) is 13.8. The number of hydrogen-bond acceptors (Lipinski definition) is 3. The van der Waals surface area contributed by atoms with Gasteiger partial charge in [-0.15, -0.1) is 0 Å². The number of carbonyl (C=O) groups is 1. The van der Waals surface area contributed by atoms with Crippen molar-refractivity contribution in [3.63, 3.8) is 0 Å². The van der Waals surface area contributed by atoms with E-state index in [-0.39, 0.29) is 6.42 Å². The molecule has 18 heavy (non-hydrogen) atoms. The molecule has 0 saturated carbocycles. The van der Waals surface area contributed by atoms with E-state index >= 15 is 0 Å². The Balaban J connectivity index is 0.000000771. The molecule has 0 fully saturated rings. The number of hydrogen-bond donors (Lipinski definition) is 1. The average molecular weight is 252 g/mol. The summed E-state index contributed by atoms with van der Waals surface area (Å²) in [5.74, 6) is -0.0248. The molecule has 0 atom stereocenters. The van der Waals surface area contributed by atoms with Crippen molar-refractivity contribution in [2.24, 2.45) is 0 Å². The van der Waals surface area contributed by atoms with Gasteiger partial charge in [0.05, 0.1) is 0 Å². The Hall–Kier alpha value is -1.71. The van der Waals surface area contributed by atoms with E-state index in [4.69, 9.17) is 14.6 Å². The fraction of sp³-hybridized carbons (Fsp3) is 0.500. The summed E-state index contributed by atoms with van der Waals surface area (Å²) in [6.07, 6.45) is 0.634. The Labute approximate surface area is 108 Å². The minimum atomic E-state index is -0.794. The van der Waals surface area contributed by atoms with Crippen LogP contribution in [-0.4, -0.2) is 16.9 Å². The molecule has 100 valence electrons. The van der Waals surface area contributed by atoms with Crippen molar-refractivity contribution in [3.05, 3.63) is 23.8 Å². The number of aliphatic carboxylic acids is 1. The molecule has 0 amide bonds. The molecular formula is C14H20O4. The molecule has 1 aliphatic heterocycles. The molecule has 1 aromatic carbocycles. The van der Waals surface area contributed by atoms with Gasteiger partial charge in [0.1, 0.15) is 0 Å². The first-order valence-corrected chi connectivity index (χ1v) is 6.19. The third kappa shape index (κ3) is 3.65. The van der Waals surface area contributed by atoms with Gasteiger partial charge in [-0.3, -0.25) is 4.79 Å². The summed E-state index contributed by atoms with van der Waals surface area (Å²) in [4.78, 5) is 10.5. The van der Waals surface area contributed by atoms with Gasteiger partial charge >= 0.3 is 5.97 Å². The van der Waals surface area contributed by atoms with E-state index in [0.29, 0.717) is 17.9 Å². The second kappa shape index (κ2) is 5.76. The lowest BCUT2D eigenvalue weighted by Crippen LogP contribution is -2.29. The van der Waals surface area contributed by atoms with Crippen LogP contribution in [0.2, 0.25) is 0 Å². The summed E-state index contributed by atoms with van der Waals surface area (Å²) in [7, 11) is 0. The summed E-state index contributed by atoms with van der Waals surface area (Å²) in [6.45, 7) is 7.67. The van der Waals surface area contributed by atoms with Crippen molar-refractivity contribution < 1.29 is 19.4 Å². The van der Waals surface area contributed by atoms with E-state index in [1.165, 1.54) is 0 Å². The van der Waals surface area contributed by atoms with Crippen LogP contribution in [0.15, 0.2) is 18.2 Å². The van der Waals surface area contributed by atoms with Crippen molar-refractivity contribution in [1.82, 2.24) is 0 Å². The van der Waals surface area contributed by atoms with Crippen LogP contribution in [0.5, 0.6) is 11.5 Å². The van der Waals surface area contributed by atoms with Crippen molar-refractivity contribution in [2.75, 3.05) is 0 Å². The molecule has 2 rings (SSSR count). The number of rotatable bonds is 3. The highest BCUT2D eigenvalue weighted by molar-refractivity contribution is 5.67.